The Morgan fingerprint density at radius 3 is 2.35 bits per heavy atom. The molecule has 1 saturated heterocycles. The molecule has 0 N–H and O–H groups in total. The van der Waals surface area contributed by atoms with E-state index in [9.17, 15) is 22.0 Å². The molecule has 31 heavy (non-hydrogen) atoms. The number of nitrogens with zero attached hydrogens (tertiary/aromatic N) is 2. The average Bonchev–Trinajstić information content (AvgIpc) is 2.76. The molecule has 0 spiro atoms. The lowest BCUT2D eigenvalue weighted by atomic mass is 9.96. The Morgan fingerprint density at radius 2 is 1.77 bits per heavy atom. The third kappa shape index (κ3) is 5.30. The van der Waals surface area contributed by atoms with E-state index in [4.69, 9.17) is 6.42 Å². The molecule has 1 amide bonds. The van der Waals surface area contributed by atoms with Gasteiger partial charge in [0.2, 0.25) is 15.9 Å². The van der Waals surface area contributed by atoms with E-state index in [0.29, 0.717) is 25.5 Å². The minimum Gasteiger partial charge on any atom is -0.327 e. The number of hydrogen-bond acceptors (Lipinski definition) is 3. The van der Waals surface area contributed by atoms with Gasteiger partial charge in [0.05, 0.1) is 11.4 Å². The van der Waals surface area contributed by atoms with Gasteiger partial charge in [0.15, 0.2) is 11.6 Å². The van der Waals surface area contributed by atoms with Crippen molar-refractivity contribution in [1.82, 2.24) is 9.21 Å². The molecule has 164 valence electrons. The number of terminal acetylenes is 1. The molecule has 1 heterocycles. The normalized spacial score (nSPS) is 15.4. The number of amides is 1. The fourth-order valence-electron chi connectivity index (χ4n) is 3.62. The van der Waals surface area contributed by atoms with Crippen LogP contribution in [0.5, 0.6) is 0 Å². The molecule has 1 fully saturated rings. The van der Waals surface area contributed by atoms with Gasteiger partial charge in [-0.25, -0.2) is 17.2 Å². The molecule has 3 rings (SSSR count). The van der Waals surface area contributed by atoms with Crippen molar-refractivity contribution >= 4 is 15.9 Å². The van der Waals surface area contributed by atoms with Crippen LogP contribution in [-0.4, -0.2) is 43.2 Å². The van der Waals surface area contributed by atoms with Gasteiger partial charge in [-0.1, -0.05) is 35.7 Å². The van der Waals surface area contributed by atoms with Crippen LogP contribution >= 0.6 is 0 Å². The highest BCUT2D eigenvalue weighted by Gasteiger charge is 2.34. The van der Waals surface area contributed by atoms with E-state index in [0.717, 1.165) is 23.3 Å². The number of aryl methyl sites for hydroxylation is 1. The van der Waals surface area contributed by atoms with Crippen molar-refractivity contribution in [2.75, 3.05) is 19.6 Å². The second kappa shape index (κ2) is 9.58. The van der Waals surface area contributed by atoms with Gasteiger partial charge in [0, 0.05) is 25.6 Å². The number of rotatable bonds is 6. The van der Waals surface area contributed by atoms with Crippen LogP contribution in [0.1, 0.15) is 24.0 Å². The van der Waals surface area contributed by atoms with Crippen molar-refractivity contribution in [3.05, 3.63) is 65.2 Å². The summed E-state index contributed by atoms with van der Waals surface area (Å²) >= 11 is 0. The van der Waals surface area contributed by atoms with Crippen LogP contribution in [0.15, 0.2) is 47.4 Å². The van der Waals surface area contributed by atoms with E-state index >= 15 is 0 Å². The zero-order chi connectivity index (χ0) is 22.6. The van der Waals surface area contributed by atoms with Crippen molar-refractivity contribution in [3.8, 4) is 12.3 Å². The van der Waals surface area contributed by atoms with Gasteiger partial charge in [0.1, 0.15) is 0 Å². The van der Waals surface area contributed by atoms with Gasteiger partial charge in [0.25, 0.3) is 0 Å². The van der Waals surface area contributed by atoms with Crippen LogP contribution in [0.25, 0.3) is 0 Å². The summed E-state index contributed by atoms with van der Waals surface area (Å²) in [5, 5.41) is 0. The monoisotopic (exact) mass is 446 g/mol. The third-order valence-corrected chi connectivity index (χ3v) is 7.31. The number of benzene rings is 2. The molecule has 0 atom stereocenters. The molecule has 5 nitrogen and oxygen atoms in total. The van der Waals surface area contributed by atoms with Crippen molar-refractivity contribution in [2.24, 2.45) is 5.92 Å². The van der Waals surface area contributed by atoms with Crippen LogP contribution in [0.3, 0.4) is 0 Å². The van der Waals surface area contributed by atoms with Gasteiger partial charge < -0.3 is 4.90 Å². The maximum absolute atomic E-state index is 13.5. The Morgan fingerprint density at radius 1 is 1.13 bits per heavy atom. The minimum absolute atomic E-state index is 0.108. The molecule has 1 aliphatic heterocycles. The smallest absolute Gasteiger partial charge is 0.243 e. The second-order valence-corrected chi connectivity index (χ2v) is 9.58. The largest absolute Gasteiger partial charge is 0.327 e. The SMILES string of the molecule is C#CCN(Cc1ccc(C)cc1)C(=O)C1CCN(S(=O)(=O)c2ccc(F)c(F)c2)CC1. The predicted octanol–water partition coefficient (Wildman–Crippen LogP) is 3.34. The number of piperidine rings is 1. The summed E-state index contributed by atoms with van der Waals surface area (Å²) in [6, 6.07) is 10.3. The van der Waals surface area contributed by atoms with Crippen LogP contribution in [0, 0.1) is 36.8 Å². The number of halogens is 2. The Kier molecular flexibility index (Phi) is 7.08. The van der Waals surface area contributed by atoms with Crippen molar-refractivity contribution in [1.29, 1.82) is 0 Å². The fourth-order valence-corrected chi connectivity index (χ4v) is 5.11. The van der Waals surface area contributed by atoms with E-state index in [1.165, 1.54) is 4.31 Å². The Balaban J connectivity index is 1.66. The molecule has 0 aliphatic carbocycles. The van der Waals surface area contributed by atoms with E-state index in [1.54, 1.807) is 4.90 Å². The lowest BCUT2D eigenvalue weighted by molar-refractivity contribution is -0.136. The second-order valence-electron chi connectivity index (χ2n) is 7.64. The average molecular weight is 447 g/mol. The topological polar surface area (TPSA) is 57.7 Å². The highest BCUT2D eigenvalue weighted by Crippen LogP contribution is 2.26. The first-order valence-electron chi connectivity index (χ1n) is 9.95. The van der Waals surface area contributed by atoms with Crippen molar-refractivity contribution in [2.45, 2.75) is 31.2 Å². The van der Waals surface area contributed by atoms with Gasteiger partial charge in [-0.3, -0.25) is 4.79 Å². The zero-order valence-electron chi connectivity index (χ0n) is 17.2. The van der Waals surface area contributed by atoms with Gasteiger partial charge in [-0.05, 0) is 43.5 Å². The van der Waals surface area contributed by atoms with E-state index < -0.39 is 21.7 Å². The molecule has 8 heteroatoms. The van der Waals surface area contributed by atoms with Gasteiger partial charge in [-0.15, -0.1) is 6.42 Å². The summed E-state index contributed by atoms with van der Waals surface area (Å²) in [4.78, 5) is 14.3. The molecule has 0 saturated carbocycles. The number of sulfonamides is 1. The summed E-state index contributed by atoms with van der Waals surface area (Å²) < 4.78 is 53.3. The van der Waals surface area contributed by atoms with Crippen LogP contribution in [0.2, 0.25) is 0 Å². The summed E-state index contributed by atoms with van der Waals surface area (Å²) in [6.45, 7) is 2.77. The molecule has 0 unspecified atom stereocenters. The van der Waals surface area contributed by atoms with Crippen LogP contribution < -0.4 is 0 Å². The standard InChI is InChI=1S/C23H24F2N2O3S/c1-3-12-26(16-18-6-4-17(2)5-7-18)23(28)19-10-13-27(14-11-19)31(29,30)20-8-9-21(24)22(25)15-20/h1,4-9,15,19H,10-14,16H2,2H3. The van der Waals surface area contributed by atoms with Crippen LogP contribution in [-0.2, 0) is 21.4 Å². The Hall–Kier alpha value is -2.76. The number of carbonyl (C=O) groups excluding carboxylic acids is 1. The predicted molar refractivity (Wildman–Crippen MR) is 113 cm³/mol. The van der Waals surface area contributed by atoms with E-state index in [-0.39, 0.29) is 36.4 Å². The maximum atomic E-state index is 13.5. The van der Waals surface area contributed by atoms with Gasteiger partial charge >= 0.3 is 0 Å². The zero-order valence-corrected chi connectivity index (χ0v) is 18.0. The Labute approximate surface area is 181 Å². The van der Waals surface area contributed by atoms with Crippen molar-refractivity contribution in [3.63, 3.8) is 0 Å². The molecular weight excluding hydrogens is 422 g/mol. The Bertz CT molecular complexity index is 1090. The first-order valence-corrected chi connectivity index (χ1v) is 11.4. The molecule has 0 aromatic heterocycles. The van der Waals surface area contributed by atoms with Crippen molar-refractivity contribution < 1.29 is 22.0 Å². The molecule has 2 aromatic carbocycles. The first-order chi connectivity index (χ1) is 14.7. The van der Waals surface area contributed by atoms with Gasteiger partial charge in [-0.2, -0.15) is 4.31 Å². The molecule has 1 aliphatic rings. The highest BCUT2D eigenvalue weighted by atomic mass is 32.2. The summed E-state index contributed by atoms with van der Waals surface area (Å²) in [7, 11) is -3.96. The quantitative estimate of drug-likeness (QED) is 0.640. The first kappa shape index (κ1) is 22.9. The molecule has 0 bridgehead atoms. The van der Waals surface area contributed by atoms with E-state index in [1.807, 2.05) is 31.2 Å². The third-order valence-electron chi connectivity index (χ3n) is 5.42. The lowest BCUT2D eigenvalue weighted by Crippen LogP contribution is -2.44. The fraction of sp³-hybridized carbons (Fsp3) is 0.348. The number of hydrogen-bond donors (Lipinski definition) is 0. The summed E-state index contributed by atoms with van der Waals surface area (Å²) in [5.74, 6) is -0.265. The maximum Gasteiger partial charge on any atom is 0.243 e. The molecule has 2 aromatic rings. The molecular formula is C23H24F2N2O3S. The minimum atomic E-state index is -3.96. The number of carbonyl (C=O) groups is 1. The highest BCUT2D eigenvalue weighted by molar-refractivity contribution is 7.89. The molecule has 0 radical (unpaired) electrons. The summed E-state index contributed by atoms with van der Waals surface area (Å²) in [5.41, 5.74) is 2.08. The van der Waals surface area contributed by atoms with Crippen LogP contribution in [0.4, 0.5) is 8.78 Å². The lowest BCUT2D eigenvalue weighted by Gasteiger charge is -2.33. The van der Waals surface area contributed by atoms with E-state index in [2.05, 4.69) is 5.92 Å². The summed E-state index contributed by atoms with van der Waals surface area (Å²) in [6.07, 6.45) is 6.11.